The van der Waals surface area contributed by atoms with Gasteiger partial charge in [0.2, 0.25) is 30.0 Å². The normalized spacial score (nSPS) is 26.1. The molecule has 5 atom stereocenters. The molecule has 0 radical (unpaired) electrons. The SMILES string of the molecule is O=c1c(O[C@H]2O[C@H](CO)[C@H](O)[C@@H](O)[C@H]2O)c(-c2ccc(O)cc2)oc2cc3c(c(O)c12)OCO3. The number of aliphatic hydroxyl groups excluding tert-OH is 4. The highest BCUT2D eigenvalue weighted by atomic mass is 16.7. The third kappa shape index (κ3) is 3.48. The quantitative estimate of drug-likeness (QED) is 0.291. The van der Waals surface area contributed by atoms with E-state index in [1.807, 2.05) is 0 Å². The van der Waals surface area contributed by atoms with E-state index >= 15 is 0 Å². The summed E-state index contributed by atoms with van der Waals surface area (Å²) >= 11 is 0. The van der Waals surface area contributed by atoms with Crippen LogP contribution in [0.3, 0.4) is 0 Å². The molecule has 0 amide bonds. The minimum atomic E-state index is -1.80. The number of aromatic hydroxyl groups is 2. The van der Waals surface area contributed by atoms with Gasteiger partial charge in [0.1, 0.15) is 41.1 Å². The lowest BCUT2D eigenvalue weighted by molar-refractivity contribution is -0.277. The molecule has 2 aromatic carbocycles. The zero-order valence-corrected chi connectivity index (χ0v) is 17.3. The highest BCUT2D eigenvalue weighted by Crippen LogP contribution is 2.46. The fourth-order valence-corrected chi connectivity index (χ4v) is 3.87. The lowest BCUT2D eigenvalue weighted by Gasteiger charge is -2.39. The van der Waals surface area contributed by atoms with Crippen molar-refractivity contribution in [3.8, 4) is 40.1 Å². The molecular formula is C22H20O12. The largest absolute Gasteiger partial charge is 0.508 e. The van der Waals surface area contributed by atoms with Gasteiger partial charge in [0, 0.05) is 11.6 Å². The number of hydrogen-bond acceptors (Lipinski definition) is 12. The zero-order valence-electron chi connectivity index (χ0n) is 17.3. The molecule has 2 aliphatic rings. The van der Waals surface area contributed by atoms with Crippen LogP contribution in [0.25, 0.3) is 22.3 Å². The van der Waals surface area contributed by atoms with Gasteiger partial charge in [-0.25, -0.2) is 0 Å². The Morgan fingerprint density at radius 3 is 2.44 bits per heavy atom. The fourth-order valence-electron chi connectivity index (χ4n) is 3.87. The van der Waals surface area contributed by atoms with Crippen LogP contribution in [0.5, 0.6) is 28.7 Å². The van der Waals surface area contributed by atoms with E-state index in [0.29, 0.717) is 0 Å². The molecule has 0 spiro atoms. The molecule has 1 saturated heterocycles. The van der Waals surface area contributed by atoms with E-state index in [1.54, 1.807) is 0 Å². The average molecular weight is 476 g/mol. The Balaban J connectivity index is 1.69. The van der Waals surface area contributed by atoms with Gasteiger partial charge in [-0.05, 0) is 24.3 Å². The predicted octanol–water partition coefficient (Wildman–Crippen LogP) is -0.221. The van der Waals surface area contributed by atoms with Crippen molar-refractivity contribution in [3.63, 3.8) is 0 Å². The van der Waals surface area contributed by atoms with Crippen molar-refractivity contribution in [1.82, 2.24) is 0 Å². The number of fused-ring (bicyclic) bond motifs is 2. The van der Waals surface area contributed by atoms with Gasteiger partial charge >= 0.3 is 0 Å². The second-order valence-corrected chi connectivity index (χ2v) is 7.78. The summed E-state index contributed by atoms with van der Waals surface area (Å²) in [5.41, 5.74) is -0.637. The molecule has 3 heterocycles. The van der Waals surface area contributed by atoms with Gasteiger partial charge in [0.15, 0.2) is 17.3 Å². The number of benzene rings is 2. The Morgan fingerprint density at radius 1 is 1.00 bits per heavy atom. The molecule has 1 aromatic heterocycles. The van der Waals surface area contributed by atoms with Gasteiger partial charge in [0.05, 0.1) is 6.61 Å². The van der Waals surface area contributed by atoms with Gasteiger partial charge < -0.3 is 54.0 Å². The number of aliphatic hydroxyl groups is 4. The number of phenolic OH excluding ortho intramolecular Hbond substituents is 2. The maximum Gasteiger partial charge on any atom is 0.239 e. The van der Waals surface area contributed by atoms with Crippen LogP contribution in [0.15, 0.2) is 39.5 Å². The van der Waals surface area contributed by atoms with Crippen molar-refractivity contribution in [2.75, 3.05) is 13.4 Å². The summed E-state index contributed by atoms with van der Waals surface area (Å²) in [6, 6.07) is 6.92. The van der Waals surface area contributed by atoms with Crippen LogP contribution in [0.2, 0.25) is 0 Å². The van der Waals surface area contributed by atoms with Gasteiger partial charge in [-0.15, -0.1) is 0 Å². The Kier molecular flexibility index (Phi) is 5.46. The number of ether oxygens (including phenoxy) is 4. The Bertz CT molecular complexity index is 1280. The molecule has 12 nitrogen and oxygen atoms in total. The van der Waals surface area contributed by atoms with Crippen LogP contribution in [-0.2, 0) is 4.74 Å². The Morgan fingerprint density at radius 2 is 1.74 bits per heavy atom. The third-order valence-corrected chi connectivity index (χ3v) is 5.67. The molecule has 34 heavy (non-hydrogen) atoms. The van der Waals surface area contributed by atoms with Crippen molar-refractivity contribution < 1.29 is 54.0 Å². The van der Waals surface area contributed by atoms with Crippen LogP contribution < -0.4 is 19.6 Å². The van der Waals surface area contributed by atoms with Crippen molar-refractivity contribution in [2.24, 2.45) is 0 Å². The molecule has 3 aromatic rings. The molecule has 2 aliphatic heterocycles. The highest BCUT2D eigenvalue weighted by molar-refractivity contribution is 5.91. The maximum atomic E-state index is 13.5. The number of phenols is 2. The van der Waals surface area contributed by atoms with Gasteiger partial charge in [0.25, 0.3) is 0 Å². The molecule has 6 N–H and O–H groups in total. The van der Waals surface area contributed by atoms with E-state index in [-0.39, 0.29) is 46.3 Å². The lowest BCUT2D eigenvalue weighted by Crippen LogP contribution is -2.60. The van der Waals surface area contributed by atoms with Crippen molar-refractivity contribution >= 4 is 11.0 Å². The summed E-state index contributed by atoms with van der Waals surface area (Å²) in [4.78, 5) is 13.5. The average Bonchev–Trinajstić information content (AvgIpc) is 3.30. The third-order valence-electron chi connectivity index (χ3n) is 5.67. The minimum absolute atomic E-state index is 0.0516. The van der Waals surface area contributed by atoms with Crippen LogP contribution in [0, 0.1) is 0 Å². The summed E-state index contributed by atoms with van der Waals surface area (Å²) < 4.78 is 27.4. The topological polar surface area (TPSA) is 189 Å². The molecular weight excluding hydrogens is 456 g/mol. The van der Waals surface area contributed by atoms with E-state index in [1.165, 1.54) is 30.3 Å². The molecule has 0 saturated carbocycles. The molecule has 1 fully saturated rings. The van der Waals surface area contributed by atoms with E-state index in [2.05, 4.69) is 0 Å². The van der Waals surface area contributed by atoms with Crippen LogP contribution in [-0.4, -0.2) is 74.7 Å². The first-order valence-electron chi connectivity index (χ1n) is 10.2. The molecule has 180 valence electrons. The Labute approximate surface area is 190 Å². The van der Waals surface area contributed by atoms with Crippen LogP contribution in [0.4, 0.5) is 0 Å². The number of hydrogen-bond donors (Lipinski definition) is 6. The van der Waals surface area contributed by atoms with Crippen LogP contribution in [0.1, 0.15) is 0 Å². The smallest absolute Gasteiger partial charge is 0.239 e. The maximum absolute atomic E-state index is 13.5. The van der Waals surface area contributed by atoms with E-state index in [4.69, 9.17) is 23.4 Å². The minimum Gasteiger partial charge on any atom is -0.508 e. The molecule has 0 bridgehead atoms. The van der Waals surface area contributed by atoms with Gasteiger partial charge in [-0.1, -0.05) is 0 Å². The molecule has 0 aliphatic carbocycles. The monoisotopic (exact) mass is 476 g/mol. The summed E-state index contributed by atoms with van der Waals surface area (Å²) in [5.74, 6) is -1.15. The zero-order chi connectivity index (χ0) is 24.1. The van der Waals surface area contributed by atoms with Crippen molar-refractivity contribution in [1.29, 1.82) is 0 Å². The molecule has 12 heteroatoms. The van der Waals surface area contributed by atoms with E-state index in [9.17, 15) is 35.4 Å². The first-order chi connectivity index (χ1) is 16.3. The van der Waals surface area contributed by atoms with Crippen molar-refractivity contribution in [2.45, 2.75) is 30.7 Å². The Hall–Kier alpha value is -3.55. The summed E-state index contributed by atoms with van der Waals surface area (Å²) in [5, 5.41) is 59.9. The summed E-state index contributed by atoms with van der Waals surface area (Å²) in [7, 11) is 0. The lowest BCUT2D eigenvalue weighted by atomic mass is 9.99. The fraction of sp³-hybridized carbons (Fsp3) is 0.318. The molecule has 0 unspecified atom stereocenters. The van der Waals surface area contributed by atoms with Crippen molar-refractivity contribution in [3.05, 3.63) is 40.6 Å². The molecule has 5 rings (SSSR count). The first kappa shape index (κ1) is 22.3. The van der Waals surface area contributed by atoms with E-state index < -0.39 is 54.2 Å². The highest BCUT2D eigenvalue weighted by Gasteiger charge is 2.45. The number of rotatable bonds is 4. The van der Waals surface area contributed by atoms with Crippen LogP contribution >= 0.6 is 0 Å². The summed E-state index contributed by atoms with van der Waals surface area (Å²) in [6.07, 6.45) is -8.15. The second-order valence-electron chi connectivity index (χ2n) is 7.78. The van der Waals surface area contributed by atoms with Gasteiger partial charge in [-0.2, -0.15) is 0 Å². The first-order valence-corrected chi connectivity index (χ1v) is 10.2. The summed E-state index contributed by atoms with van der Waals surface area (Å²) in [6.45, 7) is -0.876. The predicted molar refractivity (Wildman–Crippen MR) is 112 cm³/mol. The second kappa shape index (κ2) is 8.34. The van der Waals surface area contributed by atoms with Gasteiger partial charge in [-0.3, -0.25) is 4.79 Å². The standard InChI is InChI=1S/C22H20O12/c23-6-12-14(25)17(28)18(29)22(33-12)34-21-16(27)13-10(5-11-20(15(13)26)31-7-30-11)32-19(21)8-1-3-9(24)4-2-8/h1-5,12,14,17-18,22-26,28-29H,6-7H2/t12-,14+,17-,18-,22-/m1/s1. The van der Waals surface area contributed by atoms with E-state index in [0.717, 1.165) is 0 Å².